The summed E-state index contributed by atoms with van der Waals surface area (Å²) in [6.07, 6.45) is 0. The second kappa shape index (κ2) is 7.05. The van der Waals surface area contributed by atoms with E-state index in [-0.39, 0.29) is 17.6 Å². The predicted molar refractivity (Wildman–Crippen MR) is 87.4 cm³/mol. The van der Waals surface area contributed by atoms with Crippen molar-refractivity contribution in [1.29, 1.82) is 0 Å². The first-order chi connectivity index (χ1) is 10.0. The number of nitrogens with one attached hydrogen (secondary N) is 1. The number of hydrogen-bond donors (Lipinski definition) is 1. The summed E-state index contributed by atoms with van der Waals surface area (Å²) in [7, 11) is 0. The van der Waals surface area contributed by atoms with Crippen LogP contribution in [0.4, 0.5) is 4.39 Å². The van der Waals surface area contributed by atoms with E-state index >= 15 is 0 Å². The molecule has 2 aromatic rings. The highest BCUT2D eigenvalue weighted by Gasteiger charge is 2.11. The molecule has 2 nitrogen and oxygen atoms in total. The molecule has 0 saturated carbocycles. The molecule has 0 fully saturated rings. The minimum absolute atomic E-state index is 0.117. The van der Waals surface area contributed by atoms with Gasteiger partial charge >= 0.3 is 0 Å². The number of benzene rings is 2. The molecule has 2 rings (SSSR count). The van der Waals surface area contributed by atoms with Gasteiger partial charge in [0.25, 0.3) is 0 Å². The minimum atomic E-state index is -0.350. The first kappa shape index (κ1) is 16.0. The maximum Gasteiger partial charge on any atom is 0.166 e. The normalized spacial score (nSPS) is 12.2. The molecule has 112 valence electrons. The van der Waals surface area contributed by atoms with Gasteiger partial charge in [0.05, 0.1) is 0 Å². The largest absolute Gasteiger partial charge is 0.454 e. The van der Waals surface area contributed by atoms with Crippen LogP contribution in [0.25, 0.3) is 0 Å². The smallest absolute Gasteiger partial charge is 0.166 e. The van der Waals surface area contributed by atoms with Gasteiger partial charge in [0.15, 0.2) is 11.6 Å². The van der Waals surface area contributed by atoms with E-state index in [1.54, 1.807) is 6.07 Å². The fraction of sp³-hybridized carbons (Fsp3) is 0.294. The van der Waals surface area contributed by atoms with E-state index in [2.05, 4.69) is 21.2 Å². The third-order valence-electron chi connectivity index (χ3n) is 3.34. The monoisotopic (exact) mass is 351 g/mol. The van der Waals surface area contributed by atoms with Crippen molar-refractivity contribution < 1.29 is 9.13 Å². The summed E-state index contributed by atoms with van der Waals surface area (Å²) >= 11 is 3.39. The van der Waals surface area contributed by atoms with Crippen molar-refractivity contribution in [3.63, 3.8) is 0 Å². The van der Waals surface area contributed by atoms with Crippen LogP contribution in [-0.4, -0.2) is 6.54 Å². The summed E-state index contributed by atoms with van der Waals surface area (Å²) in [6.45, 7) is 6.82. The predicted octanol–water partition coefficient (Wildman–Crippen LogP) is 5.36. The number of rotatable bonds is 5. The standard InChI is InChI=1S/C17H19BrFNO/c1-4-20-12(3)13-6-8-16(15(19)9-13)21-17-10-14(18)7-5-11(17)2/h5-10,12,20H,4H2,1-3H3. The highest BCUT2D eigenvalue weighted by atomic mass is 79.9. The van der Waals surface area contributed by atoms with Crippen molar-refractivity contribution in [1.82, 2.24) is 5.32 Å². The lowest BCUT2D eigenvalue weighted by molar-refractivity contribution is 0.437. The lowest BCUT2D eigenvalue weighted by atomic mass is 10.1. The molecule has 0 bridgehead atoms. The minimum Gasteiger partial charge on any atom is -0.454 e. The quantitative estimate of drug-likeness (QED) is 0.782. The van der Waals surface area contributed by atoms with Gasteiger partial charge in [-0.25, -0.2) is 4.39 Å². The van der Waals surface area contributed by atoms with E-state index in [1.165, 1.54) is 6.07 Å². The number of aryl methyl sites for hydroxylation is 1. The van der Waals surface area contributed by atoms with Crippen molar-refractivity contribution in [2.24, 2.45) is 0 Å². The van der Waals surface area contributed by atoms with Crippen molar-refractivity contribution in [2.45, 2.75) is 26.8 Å². The zero-order valence-corrected chi connectivity index (χ0v) is 14.0. The highest BCUT2D eigenvalue weighted by molar-refractivity contribution is 9.10. The Kier molecular flexibility index (Phi) is 5.37. The fourth-order valence-electron chi connectivity index (χ4n) is 2.10. The van der Waals surface area contributed by atoms with Crippen LogP contribution < -0.4 is 10.1 Å². The molecular formula is C17H19BrFNO. The summed E-state index contributed by atoms with van der Waals surface area (Å²) in [6, 6.07) is 10.9. The first-order valence-corrected chi connectivity index (χ1v) is 7.77. The zero-order chi connectivity index (χ0) is 15.4. The van der Waals surface area contributed by atoms with Gasteiger partial charge in [-0.3, -0.25) is 0 Å². The molecule has 21 heavy (non-hydrogen) atoms. The van der Waals surface area contributed by atoms with Crippen LogP contribution in [0.2, 0.25) is 0 Å². The van der Waals surface area contributed by atoms with Crippen molar-refractivity contribution >= 4 is 15.9 Å². The fourth-order valence-corrected chi connectivity index (χ4v) is 2.44. The molecule has 0 radical (unpaired) electrons. The van der Waals surface area contributed by atoms with Gasteiger partial charge in [-0.1, -0.05) is 35.0 Å². The van der Waals surface area contributed by atoms with Gasteiger partial charge in [-0.2, -0.15) is 0 Å². The Morgan fingerprint density at radius 2 is 1.95 bits per heavy atom. The SMILES string of the molecule is CCNC(C)c1ccc(Oc2cc(Br)ccc2C)c(F)c1. The Labute approximate surface area is 133 Å². The molecule has 0 saturated heterocycles. The molecular weight excluding hydrogens is 333 g/mol. The zero-order valence-electron chi connectivity index (χ0n) is 12.4. The first-order valence-electron chi connectivity index (χ1n) is 6.98. The van der Waals surface area contributed by atoms with Gasteiger partial charge in [0.2, 0.25) is 0 Å². The maximum absolute atomic E-state index is 14.2. The molecule has 4 heteroatoms. The average molecular weight is 352 g/mol. The number of halogens is 2. The molecule has 1 unspecified atom stereocenters. The number of ether oxygens (including phenoxy) is 1. The lowest BCUT2D eigenvalue weighted by Crippen LogP contribution is -2.17. The van der Waals surface area contributed by atoms with Gasteiger partial charge in [-0.15, -0.1) is 0 Å². The Hall–Kier alpha value is -1.39. The van der Waals surface area contributed by atoms with Crippen LogP contribution in [0.15, 0.2) is 40.9 Å². The summed E-state index contributed by atoms with van der Waals surface area (Å²) in [5.41, 5.74) is 1.87. The van der Waals surface area contributed by atoms with Gasteiger partial charge in [0.1, 0.15) is 5.75 Å². The van der Waals surface area contributed by atoms with Crippen LogP contribution in [0.1, 0.15) is 31.0 Å². The van der Waals surface area contributed by atoms with Crippen molar-refractivity contribution in [3.05, 3.63) is 57.8 Å². The lowest BCUT2D eigenvalue weighted by Gasteiger charge is -2.15. The van der Waals surface area contributed by atoms with E-state index in [0.29, 0.717) is 5.75 Å². The van der Waals surface area contributed by atoms with E-state index in [0.717, 1.165) is 22.1 Å². The highest BCUT2D eigenvalue weighted by Crippen LogP contribution is 2.30. The molecule has 0 aliphatic heterocycles. The van der Waals surface area contributed by atoms with E-state index in [4.69, 9.17) is 4.74 Å². The Balaban J connectivity index is 2.23. The molecule has 1 atom stereocenters. The topological polar surface area (TPSA) is 21.3 Å². The van der Waals surface area contributed by atoms with Crippen LogP contribution in [0.3, 0.4) is 0 Å². The maximum atomic E-state index is 14.2. The van der Waals surface area contributed by atoms with Crippen LogP contribution in [0, 0.1) is 12.7 Å². The third-order valence-corrected chi connectivity index (χ3v) is 3.83. The van der Waals surface area contributed by atoms with E-state index < -0.39 is 0 Å². The molecule has 0 amide bonds. The third kappa shape index (κ3) is 4.05. The Morgan fingerprint density at radius 3 is 2.62 bits per heavy atom. The molecule has 0 aliphatic rings. The van der Waals surface area contributed by atoms with E-state index in [1.807, 2.05) is 45.0 Å². The molecule has 1 N–H and O–H groups in total. The second-order valence-electron chi connectivity index (χ2n) is 4.98. The van der Waals surface area contributed by atoms with Crippen LogP contribution >= 0.6 is 15.9 Å². The Morgan fingerprint density at radius 1 is 1.19 bits per heavy atom. The van der Waals surface area contributed by atoms with Crippen molar-refractivity contribution in [3.8, 4) is 11.5 Å². The van der Waals surface area contributed by atoms with Gasteiger partial charge in [-0.05, 0) is 55.8 Å². The Bertz CT molecular complexity index is 630. The average Bonchev–Trinajstić information content (AvgIpc) is 2.45. The van der Waals surface area contributed by atoms with Crippen LogP contribution in [0.5, 0.6) is 11.5 Å². The summed E-state index contributed by atoms with van der Waals surface area (Å²) < 4.78 is 20.8. The molecule has 0 spiro atoms. The van der Waals surface area contributed by atoms with E-state index in [9.17, 15) is 4.39 Å². The van der Waals surface area contributed by atoms with Crippen LogP contribution in [-0.2, 0) is 0 Å². The van der Waals surface area contributed by atoms with Crippen molar-refractivity contribution in [2.75, 3.05) is 6.54 Å². The van der Waals surface area contributed by atoms with Gasteiger partial charge in [0, 0.05) is 10.5 Å². The summed E-state index contributed by atoms with van der Waals surface area (Å²) in [4.78, 5) is 0. The van der Waals surface area contributed by atoms with Gasteiger partial charge < -0.3 is 10.1 Å². The summed E-state index contributed by atoms with van der Waals surface area (Å²) in [5.74, 6) is 0.538. The second-order valence-corrected chi connectivity index (χ2v) is 5.90. The number of hydrogen-bond acceptors (Lipinski definition) is 2. The molecule has 2 aromatic carbocycles. The molecule has 0 aliphatic carbocycles. The molecule has 0 heterocycles. The molecule has 0 aromatic heterocycles. The summed E-state index contributed by atoms with van der Waals surface area (Å²) in [5, 5.41) is 3.26.